The van der Waals surface area contributed by atoms with Gasteiger partial charge in [0, 0.05) is 43.7 Å². The number of rotatable bonds is 22. The third kappa shape index (κ3) is 10.2. The molecule has 6 unspecified atom stereocenters. The van der Waals surface area contributed by atoms with Gasteiger partial charge in [-0.3, -0.25) is 4.79 Å². The zero-order valence-corrected chi connectivity index (χ0v) is 34.2. The largest absolute Gasteiger partial charge is 0.459 e. The predicted molar refractivity (Wildman–Crippen MR) is 224 cm³/mol. The van der Waals surface area contributed by atoms with Crippen molar-refractivity contribution in [3.05, 3.63) is 114 Å². The molecule has 0 aromatic heterocycles. The number of amides is 1. The first-order valence-electron chi connectivity index (χ1n) is 20.8. The molecule has 3 aliphatic rings. The van der Waals surface area contributed by atoms with Crippen LogP contribution in [-0.4, -0.2) is 91.7 Å². The van der Waals surface area contributed by atoms with Gasteiger partial charge in [-0.15, -0.1) is 6.58 Å². The molecular formula is C47H58N2O10. The van der Waals surface area contributed by atoms with Crippen molar-refractivity contribution in [2.24, 2.45) is 22.9 Å². The lowest BCUT2D eigenvalue weighted by molar-refractivity contribution is -0.253. The second-order valence-electron chi connectivity index (χ2n) is 15.2. The Labute approximate surface area is 347 Å². The molecule has 316 valence electrons. The van der Waals surface area contributed by atoms with Crippen LogP contribution in [0.4, 0.5) is 4.79 Å². The van der Waals surface area contributed by atoms with E-state index >= 15 is 0 Å². The maximum Gasteiger partial charge on any atom is 0.410 e. The van der Waals surface area contributed by atoms with E-state index in [9.17, 15) is 19.8 Å². The van der Waals surface area contributed by atoms with Crippen molar-refractivity contribution in [3.8, 4) is 17.2 Å². The van der Waals surface area contributed by atoms with Gasteiger partial charge >= 0.3 is 6.09 Å². The zero-order valence-electron chi connectivity index (χ0n) is 34.2. The van der Waals surface area contributed by atoms with Gasteiger partial charge < -0.3 is 43.6 Å². The third-order valence-electron chi connectivity index (χ3n) is 11.5. The molecule has 12 heteroatoms. The van der Waals surface area contributed by atoms with E-state index < -0.39 is 23.8 Å². The first kappa shape index (κ1) is 43.6. The summed E-state index contributed by atoms with van der Waals surface area (Å²) in [7, 11) is 1.70. The van der Waals surface area contributed by atoms with Crippen LogP contribution in [0.2, 0.25) is 0 Å². The number of oxime groups is 1. The van der Waals surface area contributed by atoms with Gasteiger partial charge in [-0.05, 0) is 85.9 Å². The normalized spacial score (nSPS) is 23.6. The number of carbonyl (C=O) groups excluding carboxylic acids is 2. The van der Waals surface area contributed by atoms with Gasteiger partial charge in [0.05, 0.1) is 31.5 Å². The Morgan fingerprint density at radius 1 is 0.983 bits per heavy atom. The topological polar surface area (TPSA) is 146 Å². The number of hydrogen-bond acceptors (Lipinski definition) is 11. The number of ether oxygens (including phenoxy) is 5. The van der Waals surface area contributed by atoms with Crippen molar-refractivity contribution in [1.82, 2.24) is 4.90 Å². The molecule has 3 aromatic carbocycles. The molecule has 0 radical (unpaired) electrons. The summed E-state index contributed by atoms with van der Waals surface area (Å²) >= 11 is 0. The Hall–Kier alpha value is -5.01. The molecule has 1 aliphatic heterocycles. The van der Waals surface area contributed by atoms with Gasteiger partial charge in [0.25, 0.3) is 0 Å². The van der Waals surface area contributed by atoms with Crippen LogP contribution < -0.4 is 9.47 Å². The monoisotopic (exact) mass is 810 g/mol. The fourth-order valence-corrected chi connectivity index (χ4v) is 8.90. The van der Waals surface area contributed by atoms with E-state index in [0.29, 0.717) is 54.6 Å². The Kier molecular flexibility index (Phi) is 15.7. The molecule has 0 spiro atoms. The van der Waals surface area contributed by atoms with Crippen LogP contribution in [0.25, 0.3) is 0 Å². The molecule has 2 N–H and O–H groups in total. The summed E-state index contributed by atoms with van der Waals surface area (Å²) in [4.78, 5) is 32.9. The van der Waals surface area contributed by atoms with Crippen molar-refractivity contribution >= 4 is 18.1 Å². The molecule has 1 fully saturated rings. The summed E-state index contributed by atoms with van der Waals surface area (Å²) < 4.78 is 32.1. The molecular weight excluding hydrogens is 753 g/mol. The highest BCUT2D eigenvalue weighted by molar-refractivity contribution is 6.03. The van der Waals surface area contributed by atoms with Crippen LogP contribution in [0.3, 0.4) is 0 Å². The number of unbranched alkanes of at least 4 members (excludes halogenated alkanes) is 2. The second-order valence-corrected chi connectivity index (χ2v) is 15.2. The van der Waals surface area contributed by atoms with Gasteiger partial charge in [-0.1, -0.05) is 72.6 Å². The summed E-state index contributed by atoms with van der Waals surface area (Å²) in [6.07, 6.45) is 9.00. The lowest BCUT2D eigenvalue weighted by Crippen LogP contribution is -2.69. The number of benzene rings is 3. The summed E-state index contributed by atoms with van der Waals surface area (Å²) in [5.74, 6) is -0.294. The standard InChI is InChI=1S/C47H58N2O10/c1-4-24-56-47-43(49(3)46(53)55-26-25-54-32-33-14-7-6-8-15-33)30-41(48-57-5-2)39-28-35(17-9-11-22-50)38(19-10-12-23-51)44(45(39)47)40-29-37(20-21-42(40)59-47)58-36-18-13-16-34(27-36)31-52/h4,6-8,13-16,18,20-21,27-29,31,35,38,43-45,50-51H,1,5,9-12,17,19,22-26,30,32H2,2-3H3. The highest BCUT2D eigenvalue weighted by Gasteiger charge is 2.65. The van der Waals surface area contributed by atoms with Crippen LogP contribution in [0, 0.1) is 17.8 Å². The van der Waals surface area contributed by atoms with Crippen molar-refractivity contribution in [2.75, 3.05) is 46.7 Å². The van der Waals surface area contributed by atoms with Gasteiger partial charge in [-0.25, -0.2) is 4.79 Å². The third-order valence-corrected chi connectivity index (χ3v) is 11.5. The number of hydrogen-bond donors (Lipinski definition) is 2. The number of likely N-dealkylation sites (N-methyl/N-ethyl adjacent to an activating group) is 1. The highest BCUT2D eigenvalue weighted by Crippen LogP contribution is 2.62. The van der Waals surface area contributed by atoms with Gasteiger partial charge in [-0.2, -0.15) is 0 Å². The minimum Gasteiger partial charge on any atom is -0.459 e. The quantitative estimate of drug-likeness (QED) is 0.0441. The summed E-state index contributed by atoms with van der Waals surface area (Å²) in [6, 6.07) is 21.8. The first-order valence-corrected chi connectivity index (χ1v) is 20.8. The summed E-state index contributed by atoms with van der Waals surface area (Å²) in [5, 5.41) is 24.4. The highest BCUT2D eigenvalue weighted by atomic mass is 16.7. The molecule has 6 rings (SSSR count). The maximum absolute atomic E-state index is 14.0. The Balaban J connectivity index is 1.43. The number of aldehydes is 1. The van der Waals surface area contributed by atoms with Gasteiger partial charge in [0.15, 0.2) is 0 Å². The number of carbonyl (C=O) groups is 2. The molecule has 1 heterocycles. The molecule has 1 saturated carbocycles. The molecule has 2 aliphatic carbocycles. The van der Waals surface area contributed by atoms with E-state index in [0.717, 1.165) is 48.7 Å². The smallest absolute Gasteiger partial charge is 0.410 e. The summed E-state index contributed by atoms with van der Waals surface area (Å²) in [6.45, 7) is 7.19. The minimum absolute atomic E-state index is 0.0445. The molecule has 12 nitrogen and oxygen atoms in total. The number of aliphatic hydroxyl groups is 2. The van der Waals surface area contributed by atoms with E-state index in [2.05, 4.69) is 12.7 Å². The summed E-state index contributed by atoms with van der Waals surface area (Å²) in [5.41, 5.74) is 4.07. The minimum atomic E-state index is -1.41. The van der Waals surface area contributed by atoms with Crippen LogP contribution in [0.5, 0.6) is 17.2 Å². The van der Waals surface area contributed by atoms with Crippen molar-refractivity contribution in [3.63, 3.8) is 0 Å². The average molecular weight is 811 g/mol. The van der Waals surface area contributed by atoms with Crippen LogP contribution in [0.15, 0.2) is 102 Å². The zero-order chi connectivity index (χ0) is 41.6. The van der Waals surface area contributed by atoms with Crippen LogP contribution in [0.1, 0.15) is 79.3 Å². The van der Waals surface area contributed by atoms with Gasteiger partial charge in [0.2, 0.25) is 5.79 Å². The molecule has 0 bridgehead atoms. The Morgan fingerprint density at radius 3 is 2.51 bits per heavy atom. The number of allylic oxidation sites excluding steroid dienone is 1. The Morgan fingerprint density at radius 2 is 1.76 bits per heavy atom. The second kappa shape index (κ2) is 21.3. The van der Waals surface area contributed by atoms with Crippen LogP contribution >= 0.6 is 0 Å². The van der Waals surface area contributed by atoms with Crippen molar-refractivity contribution < 1.29 is 48.3 Å². The van der Waals surface area contributed by atoms with Crippen LogP contribution in [-0.2, 0) is 25.7 Å². The van der Waals surface area contributed by atoms with Crippen molar-refractivity contribution in [1.29, 1.82) is 0 Å². The van der Waals surface area contributed by atoms with Gasteiger partial charge in [0.1, 0.15) is 42.8 Å². The molecule has 1 amide bonds. The van der Waals surface area contributed by atoms with E-state index in [1.165, 1.54) is 0 Å². The number of fused-ring (bicyclic) bond motifs is 2. The fourth-order valence-electron chi connectivity index (χ4n) is 8.90. The SMILES string of the molecule is C=CCOC12Oc3ccc(Oc4cccc(C=O)c4)cc3C3C(CCCCO)C(CCCCO)C=C(C(=NOCC)CC1N(C)C(=O)OCCOCc1ccccc1)C32. The van der Waals surface area contributed by atoms with E-state index in [-0.39, 0.29) is 57.2 Å². The first-order chi connectivity index (χ1) is 28.9. The van der Waals surface area contributed by atoms with Crippen molar-refractivity contribution in [2.45, 2.75) is 76.2 Å². The predicted octanol–water partition coefficient (Wildman–Crippen LogP) is 8.23. The lowest BCUT2D eigenvalue weighted by Gasteiger charge is -2.59. The molecule has 3 aromatic rings. The Bertz CT molecular complexity index is 1920. The maximum atomic E-state index is 14.0. The van der Waals surface area contributed by atoms with E-state index in [1.54, 1.807) is 42.3 Å². The lowest BCUT2D eigenvalue weighted by atomic mass is 9.55. The molecule has 59 heavy (non-hydrogen) atoms. The van der Waals surface area contributed by atoms with E-state index in [1.807, 2.05) is 55.5 Å². The average Bonchev–Trinajstić information content (AvgIpc) is 3.26. The van der Waals surface area contributed by atoms with E-state index in [4.69, 9.17) is 33.7 Å². The molecule has 6 atom stereocenters. The number of nitrogens with zero attached hydrogens (tertiary/aromatic N) is 2. The fraction of sp³-hybridized carbons (Fsp3) is 0.468. The number of aliphatic hydroxyl groups excluding tert-OH is 2. The molecule has 0 saturated heterocycles.